The Morgan fingerprint density at radius 2 is 2.17 bits per heavy atom. The highest BCUT2D eigenvalue weighted by molar-refractivity contribution is 7.89. The van der Waals surface area contributed by atoms with Crippen molar-refractivity contribution in [3.05, 3.63) is 14.7 Å². The van der Waals surface area contributed by atoms with Crippen molar-refractivity contribution in [2.45, 2.75) is 10.3 Å². The van der Waals surface area contributed by atoms with Gasteiger partial charge in [-0.3, -0.25) is 4.79 Å². The van der Waals surface area contributed by atoms with E-state index in [1.54, 1.807) is 0 Å². The number of alkyl halides is 1. The molecule has 0 amide bonds. The van der Waals surface area contributed by atoms with E-state index in [4.69, 9.17) is 34.8 Å². The molecule has 1 heterocycles. The first-order chi connectivity index (χ1) is 8.27. The summed E-state index contributed by atoms with van der Waals surface area (Å²) in [6.45, 7) is -0.305. The van der Waals surface area contributed by atoms with Crippen LogP contribution in [-0.4, -0.2) is 33.4 Å². The number of thiophene rings is 1. The second kappa shape index (κ2) is 6.40. The third-order valence-electron chi connectivity index (χ3n) is 1.82. The Balaban J connectivity index is 2.78. The van der Waals surface area contributed by atoms with Crippen molar-refractivity contribution in [3.8, 4) is 0 Å². The van der Waals surface area contributed by atoms with Gasteiger partial charge in [-0.1, -0.05) is 23.2 Å². The molecular weight excluding hydrogens is 345 g/mol. The van der Waals surface area contributed by atoms with E-state index >= 15 is 0 Å². The van der Waals surface area contributed by atoms with Crippen LogP contribution in [0.2, 0.25) is 8.67 Å². The highest BCUT2D eigenvalue weighted by Gasteiger charge is 2.24. The van der Waals surface area contributed by atoms with E-state index in [0.717, 1.165) is 18.4 Å². The summed E-state index contributed by atoms with van der Waals surface area (Å²) in [5.74, 6) is -0.728. The molecule has 1 N–H and O–H groups in total. The van der Waals surface area contributed by atoms with Crippen LogP contribution in [0, 0.1) is 0 Å². The summed E-state index contributed by atoms with van der Waals surface area (Å²) in [7, 11) is -2.70. The van der Waals surface area contributed by atoms with E-state index in [9.17, 15) is 13.2 Å². The average Bonchev–Trinajstić information content (AvgIpc) is 2.65. The van der Waals surface area contributed by atoms with Gasteiger partial charge in [-0.05, 0) is 6.07 Å². The molecule has 0 aliphatic heterocycles. The zero-order valence-electron chi connectivity index (χ0n) is 8.95. The number of hydrogen-bond acceptors (Lipinski definition) is 5. The summed E-state index contributed by atoms with van der Waals surface area (Å²) >= 11 is 17.9. The molecule has 18 heavy (non-hydrogen) atoms. The van der Waals surface area contributed by atoms with Crippen LogP contribution in [0.1, 0.15) is 0 Å². The molecule has 102 valence electrons. The molecule has 0 saturated carbocycles. The maximum atomic E-state index is 11.8. The lowest BCUT2D eigenvalue weighted by Gasteiger charge is -2.09. The van der Waals surface area contributed by atoms with Gasteiger partial charge >= 0.3 is 5.97 Å². The molecule has 0 aliphatic rings. The molecule has 0 fully saturated rings. The lowest BCUT2D eigenvalue weighted by atomic mass is 10.4. The summed E-state index contributed by atoms with van der Waals surface area (Å²) in [5, 5.41) is -1.11. The number of carbonyl (C=O) groups excluding carboxylic acids is 1. The van der Waals surface area contributed by atoms with Crippen molar-refractivity contribution in [2.24, 2.45) is 0 Å². The summed E-state index contributed by atoms with van der Waals surface area (Å²) < 4.78 is 30.4. The van der Waals surface area contributed by atoms with Gasteiger partial charge < -0.3 is 4.74 Å². The zero-order valence-corrected chi connectivity index (χ0v) is 12.8. The fourth-order valence-electron chi connectivity index (χ4n) is 0.980. The van der Waals surface area contributed by atoms with E-state index < -0.39 is 21.4 Å². The fraction of sp³-hybridized carbons (Fsp3) is 0.375. The van der Waals surface area contributed by atoms with Gasteiger partial charge in [0.25, 0.3) is 0 Å². The summed E-state index contributed by atoms with van der Waals surface area (Å²) in [5.41, 5.74) is 0. The summed E-state index contributed by atoms with van der Waals surface area (Å²) in [6.07, 6.45) is 0. The molecule has 1 atom stereocenters. The van der Waals surface area contributed by atoms with E-state index in [2.05, 4.69) is 9.46 Å². The predicted molar refractivity (Wildman–Crippen MR) is 71.2 cm³/mol. The molecule has 1 aromatic heterocycles. The van der Waals surface area contributed by atoms with Gasteiger partial charge in [0.2, 0.25) is 10.0 Å². The summed E-state index contributed by atoms with van der Waals surface area (Å²) in [4.78, 5) is 10.9. The molecule has 0 aromatic carbocycles. The number of methoxy groups -OCH3 is 1. The van der Waals surface area contributed by atoms with Crippen molar-refractivity contribution in [1.82, 2.24) is 4.72 Å². The molecule has 1 aromatic rings. The molecule has 0 spiro atoms. The number of carbonyl (C=O) groups is 1. The zero-order chi connectivity index (χ0) is 13.9. The predicted octanol–water partition coefficient (Wildman–Crippen LogP) is 2.11. The summed E-state index contributed by atoms with van der Waals surface area (Å²) in [6, 6.07) is 1.22. The molecule has 1 rings (SSSR count). The monoisotopic (exact) mass is 351 g/mol. The average molecular weight is 353 g/mol. The Morgan fingerprint density at radius 3 is 2.61 bits per heavy atom. The first-order valence-corrected chi connectivity index (χ1v) is 7.93. The minimum absolute atomic E-state index is 0.0386. The number of sulfonamides is 1. The number of nitrogens with one attached hydrogen (secondary N) is 1. The van der Waals surface area contributed by atoms with Gasteiger partial charge in [-0.25, -0.2) is 13.1 Å². The number of esters is 1. The normalized spacial score (nSPS) is 13.3. The van der Waals surface area contributed by atoms with Crippen LogP contribution in [0.25, 0.3) is 0 Å². The van der Waals surface area contributed by atoms with Crippen LogP contribution < -0.4 is 4.72 Å². The van der Waals surface area contributed by atoms with Crippen molar-refractivity contribution >= 4 is 62.1 Å². The molecule has 10 heteroatoms. The second-order valence-electron chi connectivity index (χ2n) is 3.03. The molecular formula is C8H8Cl3NO4S2. The van der Waals surface area contributed by atoms with Crippen molar-refractivity contribution in [2.75, 3.05) is 13.7 Å². The molecule has 0 aliphatic carbocycles. The first-order valence-electron chi connectivity index (χ1n) is 4.44. The first kappa shape index (κ1) is 16.0. The SMILES string of the molecule is COC(=O)C(Cl)CNS(=O)(=O)c1cc(Cl)sc1Cl. The number of rotatable bonds is 5. The molecule has 5 nitrogen and oxygen atoms in total. The van der Waals surface area contributed by atoms with Crippen LogP contribution in [0.3, 0.4) is 0 Å². The Morgan fingerprint density at radius 1 is 1.56 bits per heavy atom. The smallest absolute Gasteiger partial charge is 0.325 e. The topological polar surface area (TPSA) is 72.5 Å². The highest BCUT2D eigenvalue weighted by Crippen LogP contribution is 2.34. The maximum Gasteiger partial charge on any atom is 0.325 e. The quantitative estimate of drug-likeness (QED) is 0.651. The van der Waals surface area contributed by atoms with Crippen LogP contribution in [0.4, 0.5) is 0 Å². The maximum absolute atomic E-state index is 11.8. The Labute approximate surface area is 123 Å². The molecule has 1 unspecified atom stereocenters. The second-order valence-corrected chi connectivity index (χ2v) is 7.58. The number of ether oxygens (including phenoxy) is 1. The van der Waals surface area contributed by atoms with E-state index in [-0.39, 0.29) is 20.1 Å². The number of halogens is 3. The largest absolute Gasteiger partial charge is 0.468 e. The van der Waals surface area contributed by atoms with E-state index in [1.165, 1.54) is 6.07 Å². The minimum Gasteiger partial charge on any atom is -0.468 e. The third-order valence-corrected chi connectivity index (χ3v) is 5.33. The molecule has 0 saturated heterocycles. The number of hydrogen-bond donors (Lipinski definition) is 1. The van der Waals surface area contributed by atoms with Gasteiger partial charge in [-0.15, -0.1) is 22.9 Å². The van der Waals surface area contributed by atoms with Crippen molar-refractivity contribution in [1.29, 1.82) is 0 Å². The van der Waals surface area contributed by atoms with Crippen molar-refractivity contribution < 1.29 is 17.9 Å². The lowest BCUT2D eigenvalue weighted by molar-refractivity contribution is -0.140. The minimum atomic E-state index is -3.86. The molecule has 0 bridgehead atoms. The van der Waals surface area contributed by atoms with Crippen LogP contribution in [0.5, 0.6) is 0 Å². The van der Waals surface area contributed by atoms with E-state index in [0.29, 0.717) is 0 Å². The van der Waals surface area contributed by atoms with Crippen LogP contribution in [-0.2, 0) is 19.6 Å². The Kier molecular flexibility index (Phi) is 5.69. The standard InChI is InChI=1S/C8H8Cl3NO4S2/c1-16-8(13)4(9)3-12-18(14,15)5-2-6(10)17-7(5)11/h2,4,12H,3H2,1H3. The Bertz CT molecular complexity index is 543. The van der Waals surface area contributed by atoms with Gasteiger partial charge in [0.15, 0.2) is 0 Å². The molecule has 0 radical (unpaired) electrons. The Hall–Kier alpha value is -0.0500. The van der Waals surface area contributed by atoms with Crippen molar-refractivity contribution in [3.63, 3.8) is 0 Å². The fourth-order valence-corrected chi connectivity index (χ4v) is 4.43. The van der Waals surface area contributed by atoms with Gasteiger partial charge in [-0.2, -0.15) is 0 Å². The van der Waals surface area contributed by atoms with E-state index in [1.807, 2.05) is 0 Å². The van der Waals surface area contributed by atoms with Gasteiger partial charge in [0.1, 0.15) is 14.6 Å². The van der Waals surface area contributed by atoms with Crippen LogP contribution in [0.15, 0.2) is 11.0 Å². The third kappa shape index (κ3) is 3.97. The van der Waals surface area contributed by atoms with Gasteiger partial charge in [0.05, 0.1) is 11.4 Å². The highest BCUT2D eigenvalue weighted by atomic mass is 35.5. The van der Waals surface area contributed by atoms with Gasteiger partial charge in [0, 0.05) is 6.54 Å². The van der Waals surface area contributed by atoms with Crippen LogP contribution >= 0.6 is 46.1 Å². The lowest BCUT2D eigenvalue weighted by Crippen LogP contribution is -2.34.